The van der Waals surface area contributed by atoms with E-state index in [4.69, 9.17) is 12.2 Å². The fourth-order valence-electron chi connectivity index (χ4n) is 1.60. The number of H-pyrrole nitrogens is 1. The molecule has 0 saturated carbocycles. The summed E-state index contributed by atoms with van der Waals surface area (Å²) in [6, 6.07) is 4.09. The van der Waals surface area contributed by atoms with Crippen molar-refractivity contribution in [2.45, 2.75) is 26.7 Å². The van der Waals surface area contributed by atoms with Crippen molar-refractivity contribution in [1.29, 1.82) is 0 Å². The van der Waals surface area contributed by atoms with E-state index in [1.807, 2.05) is 6.07 Å². The SMILES string of the molecule is CCCc1nc(=S)cc(-c2csc(C)c2)[nH]1. The summed E-state index contributed by atoms with van der Waals surface area (Å²) >= 11 is 6.93. The highest BCUT2D eigenvalue weighted by Gasteiger charge is 2.03. The number of hydrogen-bond donors (Lipinski definition) is 1. The predicted octanol–water partition coefficient (Wildman–Crippen LogP) is 4.13. The molecular weight excluding hydrogens is 236 g/mol. The van der Waals surface area contributed by atoms with Gasteiger partial charge < -0.3 is 4.98 Å². The van der Waals surface area contributed by atoms with Crippen LogP contribution in [0.5, 0.6) is 0 Å². The molecule has 0 aliphatic rings. The predicted molar refractivity (Wildman–Crippen MR) is 71.5 cm³/mol. The van der Waals surface area contributed by atoms with E-state index in [-0.39, 0.29) is 0 Å². The molecule has 0 fully saturated rings. The van der Waals surface area contributed by atoms with Crippen molar-refractivity contribution in [1.82, 2.24) is 9.97 Å². The lowest BCUT2D eigenvalue weighted by Gasteiger charge is -2.03. The summed E-state index contributed by atoms with van der Waals surface area (Å²) in [6.45, 7) is 4.25. The van der Waals surface area contributed by atoms with Gasteiger partial charge >= 0.3 is 0 Å². The molecule has 0 aliphatic carbocycles. The molecule has 0 saturated heterocycles. The first kappa shape index (κ1) is 11.5. The third-order valence-corrected chi connectivity index (χ3v) is 3.39. The smallest absolute Gasteiger partial charge is 0.130 e. The van der Waals surface area contributed by atoms with Gasteiger partial charge in [-0.25, -0.2) is 4.98 Å². The van der Waals surface area contributed by atoms with Crippen molar-refractivity contribution >= 4 is 23.6 Å². The van der Waals surface area contributed by atoms with Crippen LogP contribution in [0.1, 0.15) is 24.0 Å². The first-order valence-corrected chi connectivity index (χ1v) is 6.63. The van der Waals surface area contributed by atoms with Crippen LogP contribution in [0.25, 0.3) is 11.3 Å². The summed E-state index contributed by atoms with van der Waals surface area (Å²) in [5.74, 6) is 0.980. The molecule has 1 N–H and O–H groups in total. The fraction of sp³-hybridized carbons (Fsp3) is 0.333. The number of aromatic amines is 1. The Morgan fingerprint density at radius 3 is 2.88 bits per heavy atom. The van der Waals surface area contributed by atoms with Crippen LogP contribution in [0.15, 0.2) is 17.5 Å². The Morgan fingerprint density at radius 2 is 2.25 bits per heavy atom. The van der Waals surface area contributed by atoms with Crippen LogP contribution in [0, 0.1) is 11.6 Å². The van der Waals surface area contributed by atoms with E-state index in [1.54, 1.807) is 11.3 Å². The average molecular weight is 250 g/mol. The van der Waals surface area contributed by atoms with Crippen LogP contribution in [-0.4, -0.2) is 9.97 Å². The summed E-state index contributed by atoms with van der Waals surface area (Å²) in [7, 11) is 0. The summed E-state index contributed by atoms with van der Waals surface area (Å²) in [5, 5.41) is 2.14. The summed E-state index contributed by atoms with van der Waals surface area (Å²) in [5.41, 5.74) is 2.28. The van der Waals surface area contributed by atoms with Gasteiger partial charge in [0.05, 0.1) is 5.69 Å². The second kappa shape index (κ2) is 4.89. The van der Waals surface area contributed by atoms with E-state index >= 15 is 0 Å². The monoisotopic (exact) mass is 250 g/mol. The third kappa shape index (κ3) is 2.57. The maximum Gasteiger partial charge on any atom is 0.130 e. The van der Waals surface area contributed by atoms with Gasteiger partial charge in [0.1, 0.15) is 10.5 Å². The first-order valence-electron chi connectivity index (χ1n) is 5.35. The number of hydrogen-bond acceptors (Lipinski definition) is 3. The fourth-order valence-corrected chi connectivity index (χ4v) is 2.53. The molecule has 0 unspecified atom stereocenters. The molecule has 0 aromatic carbocycles. The molecule has 2 heterocycles. The van der Waals surface area contributed by atoms with Gasteiger partial charge in [0.25, 0.3) is 0 Å². The van der Waals surface area contributed by atoms with Crippen molar-refractivity contribution in [2.24, 2.45) is 0 Å². The Balaban J connectivity index is 2.44. The largest absolute Gasteiger partial charge is 0.343 e. The van der Waals surface area contributed by atoms with Gasteiger partial charge in [-0.1, -0.05) is 19.1 Å². The number of rotatable bonds is 3. The van der Waals surface area contributed by atoms with E-state index in [1.165, 1.54) is 10.4 Å². The molecule has 2 rings (SSSR count). The molecule has 84 valence electrons. The van der Waals surface area contributed by atoms with E-state index in [9.17, 15) is 0 Å². The van der Waals surface area contributed by atoms with Gasteiger partial charge in [0, 0.05) is 22.2 Å². The van der Waals surface area contributed by atoms with Crippen molar-refractivity contribution < 1.29 is 0 Å². The van der Waals surface area contributed by atoms with Crippen molar-refractivity contribution in [3.8, 4) is 11.3 Å². The van der Waals surface area contributed by atoms with Crippen molar-refractivity contribution in [3.05, 3.63) is 32.9 Å². The van der Waals surface area contributed by atoms with Crippen LogP contribution >= 0.6 is 23.6 Å². The van der Waals surface area contributed by atoms with Crippen LogP contribution in [0.2, 0.25) is 0 Å². The highest BCUT2D eigenvalue weighted by Crippen LogP contribution is 2.23. The minimum absolute atomic E-state index is 0.668. The van der Waals surface area contributed by atoms with Crippen molar-refractivity contribution in [2.75, 3.05) is 0 Å². The van der Waals surface area contributed by atoms with Gasteiger partial charge in [0.15, 0.2) is 0 Å². The normalized spacial score (nSPS) is 10.6. The Hall–Kier alpha value is -1.00. The van der Waals surface area contributed by atoms with Crippen LogP contribution in [-0.2, 0) is 6.42 Å². The molecule has 0 amide bonds. The molecule has 4 heteroatoms. The summed E-state index contributed by atoms with van der Waals surface area (Å²) in [6.07, 6.45) is 2.02. The van der Waals surface area contributed by atoms with Crippen LogP contribution in [0.4, 0.5) is 0 Å². The summed E-state index contributed by atoms with van der Waals surface area (Å²) < 4.78 is 0.668. The standard InChI is InChI=1S/C12H14N2S2/c1-3-4-11-13-10(6-12(15)14-11)9-5-8(2)16-7-9/h5-7H,3-4H2,1-2H3,(H,13,14,15). The topological polar surface area (TPSA) is 28.7 Å². The maximum absolute atomic E-state index is 5.18. The van der Waals surface area contributed by atoms with Gasteiger partial charge in [-0.15, -0.1) is 11.3 Å². The van der Waals surface area contributed by atoms with Crippen LogP contribution in [0.3, 0.4) is 0 Å². The van der Waals surface area contributed by atoms with Crippen molar-refractivity contribution in [3.63, 3.8) is 0 Å². The minimum atomic E-state index is 0.668. The number of nitrogens with zero attached hydrogens (tertiary/aromatic N) is 1. The number of thiophene rings is 1. The van der Waals surface area contributed by atoms with E-state index < -0.39 is 0 Å². The van der Waals surface area contributed by atoms with Gasteiger partial charge in [-0.3, -0.25) is 0 Å². The molecule has 16 heavy (non-hydrogen) atoms. The molecule has 0 radical (unpaired) electrons. The van der Waals surface area contributed by atoms with E-state index in [0.29, 0.717) is 4.64 Å². The number of aromatic nitrogens is 2. The summed E-state index contributed by atoms with van der Waals surface area (Å²) in [4.78, 5) is 8.97. The molecule has 0 atom stereocenters. The molecule has 2 aromatic heterocycles. The lowest BCUT2D eigenvalue weighted by Crippen LogP contribution is -1.96. The zero-order chi connectivity index (χ0) is 11.5. The molecule has 0 aliphatic heterocycles. The van der Waals surface area contributed by atoms with Gasteiger partial charge in [0.2, 0.25) is 0 Å². The lowest BCUT2D eigenvalue weighted by atomic mass is 10.2. The van der Waals surface area contributed by atoms with Gasteiger partial charge in [-0.05, 0) is 25.5 Å². The minimum Gasteiger partial charge on any atom is -0.343 e. The Kier molecular flexibility index (Phi) is 3.51. The quantitative estimate of drug-likeness (QED) is 0.830. The molecule has 2 nitrogen and oxygen atoms in total. The van der Waals surface area contributed by atoms with Gasteiger partial charge in [-0.2, -0.15) is 0 Å². The Bertz CT molecular complexity index is 540. The zero-order valence-corrected chi connectivity index (χ0v) is 11.0. The second-order valence-electron chi connectivity index (χ2n) is 3.78. The van der Waals surface area contributed by atoms with E-state index in [2.05, 4.69) is 35.3 Å². The Morgan fingerprint density at radius 1 is 1.44 bits per heavy atom. The van der Waals surface area contributed by atoms with E-state index in [0.717, 1.165) is 24.4 Å². The highest BCUT2D eigenvalue weighted by atomic mass is 32.1. The third-order valence-electron chi connectivity index (χ3n) is 2.32. The number of nitrogens with one attached hydrogen (secondary N) is 1. The molecule has 2 aromatic rings. The molecular formula is C12H14N2S2. The van der Waals surface area contributed by atoms with Crippen LogP contribution < -0.4 is 0 Å². The molecule has 0 bridgehead atoms. The Labute approximate surface area is 104 Å². The first-order chi connectivity index (χ1) is 7.69. The highest BCUT2D eigenvalue weighted by molar-refractivity contribution is 7.71. The number of aryl methyl sites for hydroxylation is 2. The molecule has 0 spiro atoms. The zero-order valence-electron chi connectivity index (χ0n) is 9.41. The second-order valence-corrected chi connectivity index (χ2v) is 5.31. The average Bonchev–Trinajstić information content (AvgIpc) is 2.64. The maximum atomic E-state index is 5.18. The lowest BCUT2D eigenvalue weighted by molar-refractivity contribution is 0.833.